The van der Waals surface area contributed by atoms with Crippen molar-refractivity contribution < 1.29 is 14.6 Å². The van der Waals surface area contributed by atoms with Crippen LogP contribution < -0.4 is 0 Å². The van der Waals surface area contributed by atoms with Gasteiger partial charge in [-0.25, -0.2) is 0 Å². The van der Waals surface area contributed by atoms with Gasteiger partial charge in [0.05, 0.1) is 12.0 Å². The third-order valence-corrected chi connectivity index (χ3v) is 3.08. The van der Waals surface area contributed by atoms with Crippen molar-refractivity contribution in [3.8, 4) is 0 Å². The van der Waals surface area contributed by atoms with Gasteiger partial charge in [0.25, 0.3) is 0 Å². The molecule has 0 aromatic rings. The van der Waals surface area contributed by atoms with E-state index in [9.17, 15) is 4.79 Å². The van der Waals surface area contributed by atoms with Gasteiger partial charge in [0.15, 0.2) is 0 Å². The lowest BCUT2D eigenvalue weighted by Crippen LogP contribution is -2.29. The molecule has 3 nitrogen and oxygen atoms in total. The zero-order valence-corrected chi connectivity index (χ0v) is 7.03. The Bertz CT molecular complexity index is 190. The highest BCUT2D eigenvalue weighted by Crippen LogP contribution is 2.37. The van der Waals surface area contributed by atoms with E-state index >= 15 is 0 Å². The summed E-state index contributed by atoms with van der Waals surface area (Å²) in [6.07, 6.45) is 4.02. The van der Waals surface area contributed by atoms with Gasteiger partial charge in [-0.1, -0.05) is 0 Å². The molecule has 68 valence electrons. The van der Waals surface area contributed by atoms with E-state index in [-0.39, 0.29) is 5.92 Å². The highest BCUT2D eigenvalue weighted by Gasteiger charge is 2.37. The van der Waals surface area contributed by atoms with E-state index in [1.807, 2.05) is 0 Å². The molecule has 0 amide bonds. The summed E-state index contributed by atoms with van der Waals surface area (Å²) in [6.45, 7) is 0.835. The van der Waals surface area contributed by atoms with Crippen molar-refractivity contribution in [2.45, 2.75) is 31.8 Å². The van der Waals surface area contributed by atoms with Gasteiger partial charge in [-0.15, -0.1) is 0 Å². The smallest absolute Gasteiger partial charge is 0.306 e. The molecule has 1 N–H and O–H groups in total. The quantitative estimate of drug-likeness (QED) is 0.644. The van der Waals surface area contributed by atoms with Crippen molar-refractivity contribution in [2.24, 2.45) is 11.8 Å². The predicted octanol–water partition coefficient (Wildman–Crippen LogP) is 1.28. The van der Waals surface area contributed by atoms with E-state index in [0.717, 1.165) is 32.3 Å². The van der Waals surface area contributed by atoms with E-state index in [2.05, 4.69) is 0 Å². The lowest BCUT2D eigenvalue weighted by molar-refractivity contribution is -0.144. The minimum Gasteiger partial charge on any atom is -0.481 e. The molecule has 0 aromatic heterocycles. The number of carboxylic acid groups (broad SMARTS) is 1. The fourth-order valence-electron chi connectivity index (χ4n) is 2.35. The molecule has 1 unspecified atom stereocenters. The Morgan fingerprint density at radius 3 is 2.92 bits per heavy atom. The average Bonchev–Trinajstić information content (AvgIpc) is 2.49. The van der Waals surface area contributed by atoms with Gasteiger partial charge in [0.1, 0.15) is 0 Å². The first-order valence-electron chi connectivity index (χ1n) is 4.62. The Morgan fingerprint density at radius 1 is 1.33 bits per heavy atom. The van der Waals surface area contributed by atoms with Gasteiger partial charge >= 0.3 is 5.97 Å². The van der Waals surface area contributed by atoms with Gasteiger partial charge in [-0.3, -0.25) is 4.79 Å². The van der Waals surface area contributed by atoms with Crippen molar-refractivity contribution in [3.05, 3.63) is 0 Å². The van der Waals surface area contributed by atoms with Gasteiger partial charge in [0.2, 0.25) is 0 Å². The lowest BCUT2D eigenvalue weighted by atomic mass is 9.79. The Labute approximate surface area is 71.7 Å². The number of carbonyl (C=O) groups is 1. The summed E-state index contributed by atoms with van der Waals surface area (Å²) in [6, 6.07) is 0. The summed E-state index contributed by atoms with van der Waals surface area (Å²) in [5.41, 5.74) is 0. The number of carboxylic acids is 1. The van der Waals surface area contributed by atoms with E-state index in [4.69, 9.17) is 9.84 Å². The molecule has 1 aliphatic carbocycles. The molecule has 3 heteroatoms. The molecule has 3 atom stereocenters. The van der Waals surface area contributed by atoms with Crippen LogP contribution in [0, 0.1) is 11.8 Å². The van der Waals surface area contributed by atoms with Gasteiger partial charge in [-0.2, -0.15) is 0 Å². The predicted molar refractivity (Wildman–Crippen MR) is 42.8 cm³/mol. The number of rotatable bonds is 1. The normalized spacial score (nSPS) is 40.8. The van der Waals surface area contributed by atoms with Gasteiger partial charge < -0.3 is 9.84 Å². The lowest BCUT2D eigenvalue weighted by Gasteiger charge is -2.28. The van der Waals surface area contributed by atoms with Gasteiger partial charge in [-0.05, 0) is 31.6 Å². The molecule has 0 bridgehead atoms. The fourth-order valence-corrected chi connectivity index (χ4v) is 2.35. The van der Waals surface area contributed by atoms with Crippen molar-refractivity contribution in [1.29, 1.82) is 0 Å². The minimum absolute atomic E-state index is 0.104. The van der Waals surface area contributed by atoms with Crippen molar-refractivity contribution in [1.82, 2.24) is 0 Å². The first-order valence-corrected chi connectivity index (χ1v) is 4.62. The SMILES string of the molecule is O=C(O)C1CC[C@@H]2OCC[C@@H]2C1. The molecule has 2 rings (SSSR count). The van der Waals surface area contributed by atoms with Crippen molar-refractivity contribution in [2.75, 3.05) is 6.61 Å². The Kier molecular flexibility index (Phi) is 2.05. The molecule has 1 saturated heterocycles. The topological polar surface area (TPSA) is 46.5 Å². The molecule has 12 heavy (non-hydrogen) atoms. The van der Waals surface area contributed by atoms with Gasteiger partial charge in [0, 0.05) is 6.61 Å². The molecule has 0 radical (unpaired) electrons. The van der Waals surface area contributed by atoms with Crippen LogP contribution in [0.2, 0.25) is 0 Å². The Balaban J connectivity index is 1.96. The van der Waals surface area contributed by atoms with Crippen LogP contribution in [0.15, 0.2) is 0 Å². The zero-order valence-electron chi connectivity index (χ0n) is 7.03. The molecule has 2 fully saturated rings. The average molecular weight is 170 g/mol. The molecule has 1 aliphatic heterocycles. The number of hydrogen-bond donors (Lipinski definition) is 1. The van der Waals surface area contributed by atoms with Crippen LogP contribution in [0.4, 0.5) is 0 Å². The highest BCUT2D eigenvalue weighted by atomic mass is 16.5. The Hall–Kier alpha value is -0.570. The van der Waals surface area contributed by atoms with E-state index in [1.54, 1.807) is 0 Å². The molecule has 1 heterocycles. The highest BCUT2D eigenvalue weighted by molar-refractivity contribution is 5.70. The molecule has 1 saturated carbocycles. The standard InChI is InChI=1S/C9H14O3/c10-9(11)7-1-2-8-6(5-7)3-4-12-8/h6-8H,1-5H2,(H,10,11)/t6-,7?,8+/m1/s1. The van der Waals surface area contributed by atoms with Crippen LogP contribution in [0.25, 0.3) is 0 Å². The van der Waals surface area contributed by atoms with Crippen LogP contribution in [0.3, 0.4) is 0 Å². The summed E-state index contributed by atoms with van der Waals surface area (Å²) in [5, 5.41) is 8.82. The monoisotopic (exact) mass is 170 g/mol. The molecular weight excluding hydrogens is 156 g/mol. The largest absolute Gasteiger partial charge is 0.481 e. The number of aliphatic carboxylic acids is 1. The molecule has 0 spiro atoms. The zero-order chi connectivity index (χ0) is 8.55. The maximum Gasteiger partial charge on any atom is 0.306 e. The maximum atomic E-state index is 10.7. The third-order valence-electron chi connectivity index (χ3n) is 3.08. The van der Waals surface area contributed by atoms with Crippen molar-refractivity contribution in [3.63, 3.8) is 0 Å². The number of fused-ring (bicyclic) bond motifs is 1. The second-order valence-corrected chi connectivity index (χ2v) is 3.81. The summed E-state index contributed by atoms with van der Waals surface area (Å²) in [5.74, 6) is -0.201. The second-order valence-electron chi connectivity index (χ2n) is 3.81. The van der Waals surface area contributed by atoms with Crippen LogP contribution in [-0.2, 0) is 9.53 Å². The number of ether oxygens (including phenoxy) is 1. The summed E-state index contributed by atoms with van der Waals surface area (Å²) in [4.78, 5) is 10.7. The van der Waals surface area contributed by atoms with Crippen LogP contribution in [-0.4, -0.2) is 23.8 Å². The number of hydrogen-bond acceptors (Lipinski definition) is 2. The summed E-state index contributed by atoms with van der Waals surface area (Å²) >= 11 is 0. The van der Waals surface area contributed by atoms with Crippen LogP contribution >= 0.6 is 0 Å². The molecular formula is C9H14O3. The minimum atomic E-state index is -0.625. The van der Waals surface area contributed by atoms with E-state index in [0.29, 0.717) is 12.0 Å². The van der Waals surface area contributed by atoms with Crippen LogP contribution in [0.1, 0.15) is 25.7 Å². The maximum absolute atomic E-state index is 10.7. The summed E-state index contributed by atoms with van der Waals surface area (Å²) in [7, 11) is 0. The molecule has 2 aliphatic rings. The van der Waals surface area contributed by atoms with E-state index < -0.39 is 5.97 Å². The fraction of sp³-hybridized carbons (Fsp3) is 0.889. The van der Waals surface area contributed by atoms with Crippen LogP contribution in [0.5, 0.6) is 0 Å². The van der Waals surface area contributed by atoms with Crippen molar-refractivity contribution >= 4 is 5.97 Å². The first-order chi connectivity index (χ1) is 5.77. The van der Waals surface area contributed by atoms with E-state index in [1.165, 1.54) is 0 Å². The second kappa shape index (κ2) is 3.05. The third kappa shape index (κ3) is 1.33. The first kappa shape index (κ1) is 8.05. The Morgan fingerprint density at radius 2 is 2.17 bits per heavy atom. The molecule has 0 aromatic carbocycles. The summed E-state index contributed by atoms with van der Waals surface area (Å²) < 4.78 is 5.49.